The standard InChI is InChI=1S/C24H24FN3O2/c1-4-28(5-2)23-21(20(29)16-13-17-11-14-19(25)15-12-17)22(26-27(3)24(23)30)18-9-7-6-8-10-18/h6-16H,4-5H2,1-3H3/b16-13+. The minimum atomic E-state index is -0.343. The second kappa shape index (κ2) is 9.31. The molecule has 0 unspecified atom stereocenters. The highest BCUT2D eigenvalue weighted by Crippen LogP contribution is 2.28. The summed E-state index contributed by atoms with van der Waals surface area (Å²) in [5, 5.41) is 4.42. The predicted octanol–water partition coefficient (Wildman–Crippen LogP) is 4.33. The molecule has 0 radical (unpaired) electrons. The molecule has 1 heterocycles. The summed E-state index contributed by atoms with van der Waals surface area (Å²) in [6, 6.07) is 15.2. The van der Waals surface area contributed by atoms with Crippen LogP contribution in [-0.4, -0.2) is 28.7 Å². The first-order chi connectivity index (χ1) is 14.5. The fourth-order valence-corrected chi connectivity index (χ4v) is 3.31. The Balaban J connectivity index is 2.21. The summed E-state index contributed by atoms with van der Waals surface area (Å²) < 4.78 is 14.4. The lowest BCUT2D eigenvalue weighted by Gasteiger charge is -2.24. The molecule has 2 aromatic carbocycles. The molecular weight excluding hydrogens is 381 g/mol. The fourth-order valence-electron chi connectivity index (χ4n) is 3.31. The first-order valence-electron chi connectivity index (χ1n) is 9.85. The maximum atomic E-state index is 13.3. The Hall–Kier alpha value is -3.54. The van der Waals surface area contributed by atoms with E-state index in [4.69, 9.17) is 0 Å². The van der Waals surface area contributed by atoms with Crippen molar-refractivity contribution in [3.05, 3.63) is 88.0 Å². The van der Waals surface area contributed by atoms with Gasteiger partial charge in [0.05, 0.1) is 5.56 Å². The molecule has 0 aliphatic carbocycles. The molecule has 30 heavy (non-hydrogen) atoms. The van der Waals surface area contributed by atoms with E-state index < -0.39 is 0 Å². The molecule has 0 spiro atoms. The van der Waals surface area contributed by atoms with E-state index in [0.717, 1.165) is 5.56 Å². The van der Waals surface area contributed by atoms with Crippen LogP contribution in [0.3, 0.4) is 0 Å². The van der Waals surface area contributed by atoms with Crippen molar-refractivity contribution in [1.82, 2.24) is 9.78 Å². The van der Waals surface area contributed by atoms with Gasteiger partial charge in [0.15, 0.2) is 5.78 Å². The quantitative estimate of drug-likeness (QED) is 0.434. The van der Waals surface area contributed by atoms with E-state index in [1.54, 1.807) is 25.3 Å². The summed E-state index contributed by atoms with van der Waals surface area (Å²) in [5.74, 6) is -0.672. The number of hydrogen-bond donors (Lipinski definition) is 0. The van der Waals surface area contributed by atoms with E-state index in [0.29, 0.717) is 30.0 Å². The topological polar surface area (TPSA) is 55.2 Å². The number of aryl methyl sites for hydroxylation is 1. The van der Waals surface area contributed by atoms with Crippen LogP contribution in [0.4, 0.5) is 10.1 Å². The van der Waals surface area contributed by atoms with Crippen LogP contribution in [-0.2, 0) is 7.05 Å². The van der Waals surface area contributed by atoms with Crippen molar-refractivity contribution >= 4 is 17.5 Å². The first kappa shape index (κ1) is 21.2. The van der Waals surface area contributed by atoms with Gasteiger partial charge in [-0.1, -0.05) is 48.5 Å². The van der Waals surface area contributed by atoms with Crippen molar-refractivity contribution in [2.75, 3.05) is 18.0 Å². The first-order valence-corrected chi connectivity index (χ1v) is 9.85. The summed E-state index contributed by atoms with van der Waals surface area (Å²) in [6.07, 6.45) is 3.02. The Kier molecular flexibility index (Phi) is 6.57. The normalized spacial score (nSPS) is 11.1. The molecule has 0 bridgehead atoms. The van der Waals surface area contributed by atoms with Crippen LogP contribution in [0.5, 0.6) is 0 Å². The smallest absolute Gasteiger partial charge is 0.290 e. The number of benzene rings is 2. The third-order valence-electron chi connectivity index (χ3n) is 4.89. The fraction of sp³-hybridized carbons (Fsp3) is 0.208. The zero-order valence-electron chi connectivity index (χ0n) is 17.3. The summed E-state index contributed by atoms with van der Waals surface area (Å²) in [7, 11) is 1.59. The molecule has 0 saturated heterocycles. The average Bonchev–Trinajstić information content (AvgIpc) is 2.77. The number of hydrogen-bond acceptors (Lipinski definition) is 4. The summed E-state index contributed by atoms with van der Waals surface area (Å²) in [5.41, 5.74) is 2.17. The molecule has 154 valence electrons. The predicted molar refractivity (Wildman–Crippen MR) is 118 cm³/mol. The molecule has 3 aromatic rings. The average molecular weight is 405 g/mol. The zero-order valence-corrected chi connectivity index (χ0v) is 17.3. The maximum absolute atomic E-state index is 13.3. The van der Waals surface area contributed by atoms with Crippen molar-refractivity contribution in [3.63, 3.8) is 0 Å². The lowest BCUT2D eigenvalue weighted by atomic mass is 10.00. The third kappa shape index (κ3) is 4.38. The number of allylic oxidation sites excluding steroid dienone is 1. The minimum Gasteiger partial charge on any atom is -0.367 e. The number of carbonyl (C=O) groups excluding carboxylic acids is 1. The second-order valence-electron chi connectivity index (χ2n) is 6.79. The summed E-state index contributed by atoms with van der Waals surface area (Å²) in [4.78, 5) is 28.2. The van der Waals surface area contributed by atoms with Crippen LogP contribution in [0.25, 0.3) is 17.3 Å². The van der Waals surface area contributed by atoms with Crippen LogP contribution in [0.15, 0.2) is 65.5 Å². The zero-order chi connectivity index (χ0) is 21.7. The van der Waals surface area contributed by atoms with E-state index >= 15 is 0 Å². The van der Waals surface area contributed by atoms with Crippen LogP contribution >= 0.6 is 0 Å². The van der Waals surface area contributed by atoms with Crippen molar-refractivity contribution in [2.24, 2.45) is 7.05 Å². The number of nitrogens with zero attached hydrogens (tertiary/aromatic N) is 3. The lowest BCUT2D eigenvalue weighted by molar-refractivity contribution is 0.104. The summed E-state index contributed by atoms with van der Waals surface area (Å²) >= 11 is 0. The minimum absolute atomic E-state index is 0.270. The van der Waals surface area contributed by atoms with Gasteiger partial charge in [-0.05, 0) is 37.6 Å². The van der Waals surface area contributed by atoms with Gasteiger partial charge in [0.2, 0.25) is 0 Å². The molecule has 3 rings (SSSR count). The van der Waals surface area contributed by atoms with E-state index in [1.807, 2.05) is 49.1 Å². The molecule has 0 atom stereocenters. The van der Waals surface area contributed by atoms with Crippen molar-refractivity contribution in [2.45, 2.75) is 13.8 Å². The Morgan fingerprint density at radius 3 is 2.30 bits per heavy atom. The molecule has 0 aliphatic heterocycles. The van der Waals surface area contributed by atoms with Gasteiger partial charge in [0.25, 0.3) is 5.56 Å². The Labute approximate surface area is 175 Å². The number of rotatable bonds is 7. The van der Waals surface area contributed by atoms with E-state index in [1.165, 1.54) is 22.9 Å². The summed E-state index contributed by atoms with van der Waals surface area (Å²) in [6.45, 7) is 5.03. The Morgan fingerprint density at radius 2 is 1.70 bits per heavy atom. The molecule has 6 heteroatoms. The third-order valence-corrected chi connectivity index (χ3v) is 4.89. The lowest BCUT2D eigenvalue weighted by Crippen LogP contribution is -2.35. The Morgan fingerprint density at radius 1 is 1.07 bits per heavy atom. The molecule has 5 nitrogen and oxygen atoms in total. The monoisotopic (exact) mass is 405 g/mol. The molecule has 0 fully saturated rings. The van der Waals surface area contributed by atoms with Crippen molar-refractivity contribution in [3.8, 4) is 11.3 Å². The van der Waals surface area contributed by atoms with Gasteiger partial charge >= 0.3 is 0 Å². The molecule has 0 N–H and O–H groups in total. The van der Waals surface area contributed by atoms with Gasteiger partial charge < -0.3 is 4.90 Å². The highest BCUT2D eigenvalue weighted by molar-refractivity contribution is 6.14. The van der Waals surface area contributed by atoms with Crippen LogP contribution < -0.4 is 10.5 Å². The van der Waals surface area contributed by atoms with Crippen LogP contribution in [0.1, 0.15) is 29.8 Å². The van der Waals surface area contributed by atoms with Crippen molar-refractivity contribution in [1.29, 1.82) is 0 Å². The number of halogens is 1. The number of ketones is 1. The molecule has 0 aliphatic rings. The molecule has 0 saturated carbocycles. The van der Waals surface area contributed by atoms with Crippen molar-refractivity contribution < 1.29 is 9.18 Å². The van der Waals surface area contributed by atoms with Gasteiger partial charge in [-0.15, -0.1) is 0 Å². The van der Waals surface area contributed by atoms with Gasteiger partial charge in [0.1, 0.15) is 17.2 Å². The number of aromatic nitrogens is 2. The van der Waals surface area contributed by atoms with Gasteiger partial charge in [0, 0.05) is 25.7 Å². The van der Waals surface area contributed by atoms with Gasteiger partial charge in [-0.2, -0.15) is 5.10 Å². The van der Waals surface area contributed by atoms with Gasteiger partial charge in [-0.3, -0.25) is 9.59 Å². The highest BCUT2D eigenvalue weighted by atomic mass is 19.1. The van der Waals surface area contributed by atoms with E-state index in [2.05, 4.69) is 5.10 Å². The molecule has 1 aromatic heterocycles. The molecule has 0 amide bonds. The van der Waals surface area contributed by atoms with E-state index in [-0.39, 0.29) is 22.7 Å². The SMILES string of the molecule is CCN(CC)c1c(C(=O)/C=C/c2ccc(F)cc2)c(-c2ccccc2)nn(C)c1=O. The second-order valence-corrected chi connectivity index (χ2v) is 6.79. The van der Waals surface area contributed by atoms with Crippen LogP contribution in [0, 0.1) is 5.82 Å². The highest BCUT2D eigenvalue weighted by Gasteiger charge is 2.25. The number of carbonyl (C=O) groups is 1. The largest absolute Gasteiger partial charge is 0.367 e. The number of anilines is 1. The Bertz CT molecular complexity index is 1120. The maximum Gasteiger partial charge on any atom is 0.290 e. The van der Waals surface area contributed by atoms with Crippen LogP contribution in [0.2, 0.25) is 0 Å². The molecular formula is C24H24FN3O2. The van der Waals surface area contributed by atoms with Gasteiger partial charge in [-0.25, -0.2) is 9.07 Å². The van der Waals surface area contributed by atoms with E-state index in [9.17, 15) is 14.0 Å².